The maximum atomic E-state index is 12.4. The molecule has 3 rings (SSSR count). The van der Waals surface area contributed by atoms with Crippen molar-refractivity contribution in [1.82, 2.24) is 4.90 Å². The number of carbonyl (C=O) groups is 2. The third-order valence-corrected chi connectivity index (χ3v) is 5.95. The number of amides is 2. The number of aliphatic hydroxyl groups excluding tert-OH is 1. The molecule has 1 unspecified atom stereocenters. The number of aliphatic hydroxyl groups is 1. The van der Waals surface area contributed by atoms with Crippen LogP contribution in [0.2, 0.25) is 0 Å². The summed E-state index contributed by atoms with van der Waals surface area (Å²) in [4.78, 5) is 27.2. The van der Waals surface area contributed by atoms with Gasteiger partial charge in [-0.1, -0.05) is 25.3 Å². The van der Waals surface area contributed by atoms with Gasteiger partial charge in [0.15, 0.2) is 0 Å². The Labute approximate surface area is 146 Å². The highest BCUT2D eigenvalue weighted by Gasteiger charge is 2.44. The highest BCUT2D eigenvalue weighted by molar-refractivity contribution is 7.09. The van der Waals surface area contributed by atoms with Gasteiger partial charge in [0.2, 0.25) is 11.8 Å². The molecule has 132 valence electrons. The van der Waals surface area contributed by atoms with Gasteiger partial charge in [-0.05, 0) is 29.7 Å². The zero-order chi connectivity index (χ0) is 17.0. The highest BCUT2D eigenvalue weighted by Crippen LogP contribution is 2.45. The summed E-state index contributed by atoms with van der Waals surface area (Å²) in [7, 11) is 0. The lowest BCUT2D eigenvalue weighted by atomic mass is 9.67. The van der Waals surface area contributed by atoms with E-state index in [1.54, 1.807) is 11.3 Å². The van der Waals surface area contributed by atoms with Crippen molar-refractivity contribution in [2.45, 2.75) is 57.7 Å². The molecule has 1 aliphatic carbocycles. The Morgan fingerprint density at radius 2 is 1.92 bits per heavy atom. The first-order valence-corrected chi connectivity index (χ1v) is 9.57. The van der Waals surface area contributed by atoms with E-state index in [0.717, 1.165) is 30.6 Å². The molecule has 0 bridgehead atoms. The maximum absolute atomic E-state index is 12.4. The second-order valence-electron chi connectivity index (χ2n) is 7.06. The fraction of sp³-hybridized carbons (Fsp3) is 0.667. The number of hydrogen-bond donors (Lipinski definition) is 1. The topological polar surface area (TPSA) is 66.8 Å². The fourth-order valence-electron chi connectivity index (χ4n) is 3.85. The SMILES string of the molecule is O=C1CC2(CCCCC2)CC(=O)N1CC(O)COCc1cccs1. The van der Waals surface area contributed by atoms with E-state index in [1.165, 1.54) is 11.3 Å². The summed E-state index contributed by atoms with van der Waals surface area (Å²) in [5.41, 5.74) is -0.108. The molecular weight excluding hydrogens is 326 g/mol. The van der Waals surface area contributed by atoms with Crippen LogP contribution < -0.4 is 0 Å². The van der Waals surface area contributed by atoms with Crippen molar-refractivity contribution >= 4 is 23.2 Å². The van der Waals surface area contributed by atoms with Crippen LogP contribution in [-0.4, -0.2) is 41.1 Å². The van der Waals surface area contributed by atoms with Crippen LogP contribution in [0.3, 0.4) is 0 Å². The van der Waals surface area contributed by atoms with Gasteiger partial charge in [0.1, 0.15) is 0 Å². The molecule has 0 radical (unpaired) electrons. The second-order valence-corrected chi connectivity index (χ2v) is 8.09. The van der Waals surface area contributed by atoms with Crippen LogP contribution in [0.4, 0.5) is 0 Å². The molecule has 1 spiro atoms. The monoisotopic (exact) mass is 351 g/mol. The molecule has 2 aliphatic rings. The summed E-state index contributed by atoms with van der Waals surface area (Å²) >= 11 is 1.60. The number of hydrogen-bond acceptors (Lipinski definition) is 5. The number of thiophene rings is 1. The molecule has 1 aromatic heterocycles. The second kappa shape index (κ2) is 7.76. The van der Waals surface area contributed by atoms with Crippen molar-refractivity contribution < 1.29 is 19.4 Å². The lowest BCUT2D eigenvalue weighted by molar-refractivity contribution is -0.157. The first-order valence-electron chi connectivity index (χ1n) is 8.69. The van der Waals surface area contributed by atoms with E-state index < -0.39 is 6.10 Å². The van der Waals surface area contributed by atoms with Crippen molar-refractivity contribution in [3.63, 3.8) is 0 Å². The molecule has 1 aliphatic heterocycles. The Morgan fingerprint density at radius 3 is 2.54 bits per heavy atom. The van der Waals surface area contributed by atoms with E-state index in [-0.39, 0.29) is 30.4 Å². The van der Waals surface area contributed by atoms with Crippen LogP contribution in [0.25, 0.3) is 0 Å². The molecule has 2 heterocycles. The Hall–Kier alpha value is -1.24. The van der Waals surface area contributed by atoms with E-state index in [4.69, 9.17) is 4.74 Å². The molecular formula is C18H25NO4S. The Balaban J connectivity index is 1.47. The largest absolute Gasteiger partial charge is 0.389 e. The maximum Gasteiger partial charge on any atom is 0.229 e. The van der Waals surface area contributed by atoms with Crippen molar-refractivity contribution in [3.05, 3.63) is 22.4 Å². The number of carbonyl (C=O) groups excluding carboxylic acids is 2. The Morgan fingerprint density at radius 1 is 1.21 bits per heavy atom. The zero-order valence-electron chi connectivity index (χ0n) is 13.9. The molecule has 0 aromatic carbocycles. The summed E-state index contributed by atoms with van der Waals surface area (Å²) in [5, 5.41) is 12.1. The third kappa shape index (κ3) is 4.23. The normalized spacial score (nSPS) is 22.1. The quantitative estimate of drug-likeness (QED) is 0.800. The van der Waals surface area contributed by atoms with Gasteiger partial charge in [0.25, 0.3) is 0 Å². The number of ether oxygens (including phenoxy) is 1. The summed E-state index contributed by atoms with van der Waals surface area (Å²) in [6, 6.07) is 3.92. The van der Waals surface area contributed by atoms with Gasteiger partial charge in [-0.2, -0.15) is 0 Å². The predicted octanol–water partition coefficient (Wildman–Crippen LogP) is 2.73. The Kier molecular flexibility index (Phi) is 5.69. The average molecular weight is 351 g/mol. The lowest BCUT2D eigenvalue weighted by Gasteiger charge is -2.42. The molecule has 1 saturated carbocycles. The van der Waals surface area contributed by atoms with Gasteiger partial charge in [-0.25, -0.2) is 0 Å². The Bertz CT molecular complexity index is 546. The van der Waals surface area contributed by atoms with Gasteiger partial charge >= 0.3 is 0 Å². The average Bonchev–Trinajstić information content (AvgIpc) is 3.05. The van der Waals surface area contributed by atoms with Crippen LogP contribution in [-0.2, 0) is 20.9 Å². The number of rotatable bonds is 6. The smallest absolute Gasteiger partial charge is 0.229 e. The number of imide groups is 1. The van der Waals surface area contributed by atoms with E-state index in [2.05, 4.69) is 0 Å². The van der Waals surface area contributed by atoms with Crippen LogP contribution >= 0.6 is 11.3 Å². The summed E-state index contributed by atoms with van der Waals surface area (Å²) < 4.78 is 5.47. The molecule has 2 fully saturated rings. The van der Waals surface area contributed by atoms with Crippen LogP contribution in [0.15, 0.2) is 17.5 Å². The van der Waals surface area contributed by atoms with E-state index in [9.17, 15) is 14.7 Å². The summed E-state index contributed by atoms with van der Waals surface area (Å²) in [6.45, 7) is 0.609. The lowest BCUT2D eigenvalue weighted by Crippen LogP contribution is -2.51. The minimum absolute atomic E-state index is 0.0399. The van der Waals surface area contributed by atoms with Crippen molar-refractivity contribution in [2.75, 3.05) is 13.2 Å². The van der Waals surface area contributed by atoms with Crippen molar-refractivity contribution in [2.24, 2.45) is 5.41 Å². The fourth-order valence-corrected chi connectivity index (χ4v) is 4.49. The first-order chi connectivity index (χ1) is 11.6. The minimum Gasteiger partial charge on any atom is -0.389 e. The van der Waals surface area contributed by atoms with Crippen LogP contribution in [0.5, 0.6) is 0 Å². The van der Waals surface area contributed by atoms with Gasteiger partial charge < -0.3 is 9.84 Å². The van der Waals surface area contributed by atoms with Gasteiger partial charge in [-0.15, -0.1) is 11.3 Å². The number of nitrogens with zero attached hydrogens (tertiary/aromatic N) is 1. The summed E-state index contributed by atoms with van der Waals surface area (Å²) in [6.07, 6.45) is 5.44. The van der Waals surface area contributed by atoms with Crippen molar-refractivity contribution in [3.8, 4) is 0 Å². The number of likely N-dealkylation sites (tertiary alicyclic amines) is 1. The van der Waals surface area contributed by atoms with Gasteiger partial charge in [-0.3, -0.25) is 14.5 Å². The number of β-amino-alcohol motifs (C(OH)–C–C–N with tert-alkyl or cyclic N) is 1. The van der Waals surface area contributed by atoms with E-state index in [1.807, 2.05) is 17.5 Å². The zero-order valence-corrected chi connectivity index (χ0v) is 14.7. The molecule has 5 nitrogen and oxygen atoms in total. The van der Waals surface area contributed by atoms with Crippen molar-refractivity contribution in [1.29, 1.82) is 0 Å². The molecule has 1 saturated heterocycles. The molecule has 6 heteroatoms. The molecule has 24 heavy (non-hydrogen) atoms. The van der Waals surface area contributed by atoms with Gasteiger partial charge in [0, 0.05) is 17.7 Å². The van der Waals surface area contributed by atoms with Crippen LogP contribution in [0, 0.1) is 5.41 Å². The number of piperidine rings is 1. The van der Waals surface area contributed by atoms with Crippen LogP contribution in [0.1, 0.15) is 49.8 Å². The first kappa shape index (κ1) is 17.6. The summed E-state index contributed by atoms with van der Waals surface area (Å²) in [5.74, 6) is -0.268. The molecule has 2 amide bonds. The molecule has 1 N–H and O–H groups in total. The highest BCUT2D eigenvalue weighted by atomic mass is 32.1. The standard InChI is InChI=1S/C18H25NO4S/c20-14(12-23-13-15-5-4-8-24-15)11-19-16(21)9-18(10-17(19)22)6-2-1-3-7-18/h4-5,8,14,20H,1-3,6-7,9-13H2. The van der Waals surface area contributed by atoms with E-state index in [0.29, 0.717) is 19.4 Å². The third-order valence-electron chi connectivity index (χ3n) is 5.10. The van der Waals surface area contributed by atoms with E-state index >= 15 is 0 Å². The molecule has 1 aromatic rings. The minimum atomic E-state index is -0.835. The van der Waals surface area contributed by atoms with Gasteiger partial charge in [0.05, 0.1) is 25.9 Å². The predicted molar refractivity (Wildman–Crippen MR) is 91.5 cm³/mol. The molecule has 1 atom stereocenters.